The van der Waals surface area contributed by atoms with Crippen molar-refractivity contribution in [3.63, 3.8) is 0 Å². The Balaban J connectivity index is 2.74. The Kier molecular flexibility index (Phi) is 6.28. The van der Waals surface area contributed by atoms with Crippen molar-refractivity contribution in [2.75, 3.05) is 28.6 Å². The van der Waals surface area contributed by atoms with Crippen molar-refractivity contribution < 1.29 is 9.59 Å². The second kappa shape index (κ2) is 8.23. The van der Waals surface area contributed by atoms with Crippen molar-refractivity contribution in [1.29, 1.82) is 0 Å². The standard InChI is InChI=1S/C19H30N4O2/c1-5-8-13-14(19(20)25)11-15(23-10-7-9-16(23)24)18(22-12(3)4)17(13)21-6-2/h11-12,21-22H,5-10H2,1-4H3,(H2,20,25). The number of hydrogen-bond donors (Lipinski definition) is 3. The summed E-state index contributed by atoms with van der Waals surface area (Å²) in [4.78, 5) is 26.2. The molecular formula is C19H30N4O2. The van der Waals surface area contributed by atoms with E-state index in [9.17, 15) is 9.59 Å². The number of nitrogens with one attached hydrogen (secondary N) is 2. The number of anilines is 3. The summed E-state index contributed by atoms with van der Waals surface area (Å²) in [6.45, 7) is 9.61. The van der Waals surface area contributed by atoms with Crippen LogP contribution in [0.3, 0.4) is 0 Å². The monoisotopic (exact) mass is 346 g/mol. The van der Waals surface area contributed by atoms with Crippen molar-refractivity contribution in [2.45, 2.75) is 59.4 Å². The maximum Gasteiger partial charge on any atom is 0.249 e. The third-order valence-corrected chi connectivity index (χ3v) is 4.33. The zero-order chi connectivity index (χ0) is 18.6. The molecule has 2 amide bonds. The van der Waals surface area contributed by atoms with Crippen LogP contribution < -0.4 is 21.3 Å². The molecule has 1 aliphatic rings. The second-order valence-corrected chi connectivity index (χ2v) is 6.76. The summed E-state index contributed by atoms with van der Waals surface area (Å²) >= 11 is 0. The van der Waals surface area contributed by atoms with Gasteiger partial charge in [-0.15, -0.1) is 0 Å². The molecule has 25 heavy (non-hydrogen) atoms. The number of amides is 2. The first kappa shape index (κ1) is 19.1. The Morgan fingerprint density at radius 2 is 2.04 bits per heavy atom. The number of carbonyl (C=O) groups excluding carboxylic acids is 2. The average Bonchev–Trinajstić information content (AvgIpc) is 2.96. The smallest absolute Gasteiger partial charge is 0.249 e. The van der Waals surface area contributed by atoms with E-state index in [1.54, 1.807) is 11.0 Å². The fourth-order valence-electron chi connectivity index (χ4n) is 3.36. The van der Waals surface area contributed by atoms with Gasteiger partial charge in [0.2, 0.25) is 11.8 Å². The summed E-state index contributed by atoms with van der Waals surface area (Å²) in [5.74, 6) is -0.362. The highest BCUT2D eigenvalue weighted by Crippen LogP contribution is 2.41. The van der Waals surface area contributed by atoms with E-state index >= 15 is 0 Å². The van der Waals surface area contributed by atoms with Gasteiger partial charge in [-0.3, -0.25) is 9.59 Å². The van der Waals surface area contributed by atoms with Gasteiger partial charge in [-0.1, -0.05) is 13.3 Å². The van der Waals surface area contributed by atoms with Crippen molar-refractivity contribution in [3.05, 3.63) is 17.2 Å². The van der Waals surface area contributed by atoms with E-state index in [0.29, 0.717) is 18.5 Å². The molecule has 0 atom stereocenters. The van der Waals surface area contributed by atoms with Crippen molar-refractivity contribution >= 4 is 28.9 Å². The predicted octanol–water partition coefficient (Wildman–Crippen LogP) is 3.12. The molecule has 138 valence electrons. The number of benzene rings is 1. The van der Waals surface area contributed by atoms with E-state index in [1.165, 1.54) is 0 Å². The highest BCUT2D eigenvalue weighted by atomic mass is 16.2. The van der Waals surface area contributed by atoms with Gasteiger partial charge < -0.3 is 21.3 Å². The average molecular weight is 346 g/mol. The number of nitrogens with zero attached hydrogens (tertiary/aromatic N) is 1. The van der Waals surface area contributed by atoms with Crippen LogP contribution in [0.1, 0.15) is 62.9 Å². The lowest BCUT2D eigenvalue weighted by Gasteiger charge is -2.28. The molecule has 0 radical (unpaired) electrons. The van der Waals surface area contributed by atoms with Gasteiger partial charge >= 0.3 is 0 Å². The van der Waals surface area contributed by atoms with Crippen LogP contribution in [0.15, 0.2) is 6.07 Å². The Morgan fingerprint density at radius 3 is 2.52 bits per heavy atom. The minimum atomic E-state index is -0.452. The van der Waals surface area contributed by atoms with Crippen LogP contribution in [0.4, 0.5) is 17.1 Å². The SMILES string of the molecule is CCCc1c(C(N)=O)cc(N2CCCC2=O)c(NC(C)C)c1NCC. The number of hydrogen-bond acceptors (Lipinski definition) is 4. The molecule has 0 aromatic heterocycles. The molecule has 0 saturated carbocycles. The summed E-state index contributed by atoms with van der Waals surface area (Å²) in [6.07, 6.45) is 3.03. The number of nitrogens with two attached hydrogens (primary N) is 1. The lowest BCUT2D eigenvalue weighted by Crippen LogP contribution is -2.28. The summed E-state index contributed by atoms with van der Waals surface area (Å²) in [7, 11) is 0. The van der Waals surface area contributed by atoms with Crippen molar-refractivity contribution in [1.82, 2.24) is 0 Å². The predicted molar refractivity (Wildman–Crippen MR) is 103 cm³/mol. The topological polar surface area (TPSA) is 87.5 Å². The summed E-state index contributed by atoms with van der Waals surface area (Å²) in [5, 5.41) is 6.88. The number of primary amides is 1. The van der Waals surface area contributed by atoms with Gasteiger partial charge in [0.1, 0.15) is 0 Å². The zero-order valence-corrected chi connectivity index (χ0v) is 15.7. The minimum absolute atomic E-state index is 0.0907. The lowest BCUT2D eigenvalue weighted by molar-refractivity contribution is -0.117. The molecule has 1 heterocycles. The van der Waals surface area contributed by atoms with E-state index in [2.05, 4.69) is 31.4 Å². The summed E-state index contributed by atoms with van der Waals surface area (Å²) in [5.41, 5.74) is 9.63. The third-order valence-electron chi connectivity index (χ3n) is 4.33. The summed E-state index contributed by atoms with van der Waals surface area (Å²) in [6, 6.07) is 1.99. The van der Waals surface area contributed by atoms with Crippen LogP contribution in [-0.4, -0.2) is 30.9 Å². The molecule has 0 bridgehead atoms. The van der Waals surface area contributed by atoms with Crippen LogP contribution >= 0.6 is 0 Å². The van der Waals surface area contributed by atoms with Gasteiger partial charge in [-0.05, 0) is 45.2 Å². The molecule has 0 unspecified atom stereocenters. The molecule has 6 heteroatoms. The Labute approximate surface area is 150 Å². The highest BCUT2D eigenvalue weighted by Gasteiger charge is 2.28. The molecule has 2 rings (SSSR count). The normalized spacial score (nSPS) is 14.3. The van der Waals surface area contributed by atoms with E-state index in [4.69, 9.17) is 5.73 Å². The molecule has 1 fully saturated rings. The van der Waals surface area contributed by atoms with Crippen LogP contribution in [0, 0.1) is 0 Å². The first-order valence-corrected chi connectivity index (χ1v) is 9.21. The molecule has 4 N–H and O–H groups in total. The largest absolute Gasteiger partial charge is 0.383 e. The Morgan fingerprint density at radius 1 is 1.32 bits per heavy atom. The van der Waals surface area contributed by atoms with Gasteiger partial charge in [0.25, 0.3) is 0 Å². The van der Waals surface area contributed by atoms with Crippen LogP contribution in [-0.2, 0) is 11.2 Å². The zero-order valence-electron chi connectivity index (χ0n) is 15.7. The van der Waals surface area contributed by atoms with E-state index < -0.39 is 5.91 Å². The maximum atomic E-state index is 12.3. The van der Waals surface area contributed by atoms with Crippen molar-refractivity contribution in [3.8, 4) is 0 Å². The quantitative estimate of drug-likeness (QED) is 0.675. The maximum absolute atomic E-state index is 12.3. The molecule has 1 aliphatic heterocycles. The lowest BCUT2D eigenvalue weighted by atomic mass is 9.96. The number of carbonyl (C=O) groups is 2. The van der Waals surface area contributed by atoms with Crippen LogP contribution in [0.25, 0.3) is 0 Å². The Hall–Kier alpha value is -2.24. The van der Waals surface area contributed by atoms with Crippen molar-refractivity contribution in [2.24, 2.45) is 5.73 Å². The van der Waals surface area contributed by atoms with E-state index in [0.717, 1.165) is 48.4 Å². The number of rotatable bonds is 8. The van der Waals surface area contributed by atoms with E-state index in [1.807, 2.05) is 6.92 Å². The van der Waals surface area contributed by atoms with Gasteiger partial charge in [-0.25, -0.2) is 0 Å². The first-order chi connectivity index (χ1) is 11.9. The van der Waals surface area contributed by atoms with Crippen LogP contribution in [0.2, 0.25) is 0 Å². The molecule has 0 spiro atoms. The van der Waals surface area contributed by atoms with Gasteiger partial charge in [-0.2, -0.15) is 0 Å². The molecule has 0 aliphatic carbocycles. The second-order valence-electron chi connectivity index (χ2n) is 6.76. The molecule has 1 aromatic rings. The Bertz CT molecular complexity index is 655. The highest BCUT2D eigenvalue weighted by molar-refractivity contribution is 6.06. The summed E-state index contributed by atoms with van der Waals surface area (Å²) < 4.78 is 0. The van der Waals surface area contributed by atoms with Gasteiger partial charge in [0.05, 0.1) is 17.1 Å². The van der Waals surface area contributed by atoms with Gasteiger partial charge in [0.15, 0.2) is 0 Å². The molecule has 1 saturated heterocycles. The first-order valence-electron chi connectivity index (χ1n) is 9.21. The fourth-order valence-corrected chi connectivity index (χ4v) is 3.36. The van der Waals surface area contributed by atoms with E-state index in [-0.39, 0.29) is 11.9 Å². The molecule has 1 aromatic carbocycles. The minimum Gasteiger partial charge on any atom is -0.383 e. The van der Waals surface area contributed by atoms with Crippen LogP contribution in [0.5, 0.6) is 0 Å². The molecule has 6 nitrogen and oxygen atoms in total. The fraction of sp³-hybridized carbons (Fsp3) is 0.579. The van der Waals surface area contributed by atoms with Gasteiger partial charge in [0, 0.05) is 31.1 Å². The third kappa shape index (κ3) is 4.06. The molecular weight excluding hydrogens is 316 g/mol.